The molecule has 5 heteroatoms. The molecule has 0 amide bonds. The molecular formula is C15H19BrN2O2. The average Bonchev–Trinajstić information content (AvgIpc) is 2.85. The van der Waals surface area contributed by atoms with Crippen LogP contribution >= 0.6 is 15.9 Å². The van der Waals surface area contributed by atoms with E-state index in [2.05, 4.69) is 25.8 Å². The molecule has 2 aromatic rings. The lowest BCUT2D eigenvalue weighted by atomic mass is 10.2. The Morgan fingerprint density at radius 1 is 1.45 bits per heavy atom. The molecule has 2 rings (SSSR count). The lowest BCUT2D eigenvalue weighted by molar-refractivity contribution is 0.160. The summed E-state index contributed by atoms with van der Waals surface area (Å²) < 4.78 is 6.78. The van der Waals surface area contributed by atoms with Crippen molar-refractivity contribution in [2.45, 2.75) is 26.0 Å². The van der Waals surface area contributed by atoms with E-state index in [1.54, 1.807) is 13.1 Å². The minimum atomic E-state index is -0.278. The molecule has 1 heterocycles. The molecule has 0 bridgehead atoms. The van der Waals surface area contributed by atoms with Gasteiger partial charge >= 0.3 is 0 Å². The van der Waals surface area contributed by atoms with E-state index in [4.69, 9.17) is 4.42 Å². The maximum absolute atomic E-state index is 9.28. The van der Waals surface area contributed by atoms with Crippen LogP contribution < -0.4 is 0 Å². The van der Waals surface area contributed by atoms with Crippen molar-refractivity contribution in [3.05, 3.63) is 40.8 Å². The van der Waals surface area contributed by atoms with Crippen LogP contribution in [0.5, 0.6) is 0 Å². The molecule has 1 aromatic carbocycles. The number of halogens is 1. The summed E-state index contributed by atoms with van der Waals surface area (Å²) in [6.45, 7) is 3.25. The van der Waals surface area contributed by atoms with Crippen LogP contribution in [0.2, 0.25) is 0 Å². The third-order valence-corrected chi connectivity index (χ3v) is 3.49. The summed E-state index contributed by atoms with van der Waals surface area (Å²) in [5.74, 6) is 1.46. The van der Waals surface area contributed by atoms with Crippen molar-refractivity contribution in [3.63, 3.8) is 0 Å². The predicted octanol–water partition coefficient (Wildman–Crippen LogP) is 3.31. The monoisotopic (exact) mass is 338 g/mol. The number of hydrogen-bond donors (Lipinski definition) is 1. The highest BCUT2D eigenvalue weighted by Gasteiger charge is 2.09. The van der Waals surface area contributed by atoms with Gasteiger partial charge in [0.15, 0.2) is 5.76 Å². The molecule has 1 atom stereocenters. The highest BCUT2D eigenvalue weighted by molar-refractivity contribution is 9.10. The molecule has 108 valence electrons. The normalized spacial score (nSPS) is 12.8. The third kappa shape index (κ3) is 4.44. The van der Waals surface area contributed by atoms with Crippen LogP contribution in [0.15, 0.2) is 39.4 Å². The molecule has 0 spiro atoms. The molecule has 1 aromatic heterocycles. The van der Waals surface area contributed by atoms with Gasteiger partial charge in [0.05, 0.1) is 18.8 Å². The molecule has 0 aliphatic rings. The number of aliphatic hydroxyl groups excluding tert-OH is 1. The number of nitrogens with zero attached hydrogens (tertiary/aromatic N) is 2. The Morgan fingerprint density at radius 2 is 2.25 bits per heavy atom. The first-order chi connectivity index (χ1) is 9.54. The fourth-order valence-corrected chi connectivity index (χ4v) is 2.27. The van der Waals surface area contributed by atoms with E-state index in [9.17, 15) is 5.11 Å². The molecule has 0 aliphatic carbocycles. The van der Waals surface area contributed by atoms with Gasteiger partial charge in [-0.25, -0.2) is 4.98 Å². The first-order valence-corrected chi connectivity index (χ1v) is 7.41. The lowest BCUT2D eigenvalue weighted by Gasteiger charge is -2.15. The van der Waals surface area contributed by atoms with Crippen molar-refractivity contribution in [2.24, 2.45) is 0 Å². The van der Waals surface area contributed by atoms with Crippen LogP contribution in [0, 0.1) is 0 Å². The largest absolute Gasteiger partial charge is 0.439 e. The Hall–Kier alpha value is -1.17. The molecule has 20 heavy (non-hydrogen) atoms. The van der Waals surface area contributed by atoms with Crippen molar-refractivity contribution in [1.82, 2.24) is 9.88 Å². The summed E-state index contributed by atoms with van der Waals surface area (Å²) in [5.41, 5.74) is 1.00. The minimum absolute atomic E-state index is 0.278. The highest BCUT2D eigenvalue weighted by atomic mass is 79.9. The zero-order chi connectivity index (χ0) is 14.5. The summed E-state index contributed by atoms with van der Waals surface area (Å²) in [6, 6.07) is 7.94. The maximum atomic E-state index is 9.28. The number of hydrogen-bond acceptors (Lipinski definition) is 4. The van der Waals surface area contributed by atoms with Crippen LogP contribution in [0.25, 0.3) is 11.3 Å². The zero-order valence-electron chi connectivity index (χ0n) is 11.7. The van der Waals surface area contributed by atoms with Gasteiger partial charge in [-0.3, -0.25) is 4.90 Å². The van der Waals surface area contributed by atoms with Gasteiger partial charge in [0, 0.05) is 16.6 Å². The van der Waals surface area contributed by atoms with Gasteiger partial charge in [-0.1, -0.05) is 28.1 Å². The molecule has 1 unspecified atom stereocenters. The van der Waals surface area contributed by atoms with Gasteiger partial charge in [-0.15, -0.1) is 0 Å². The van der Waals surface area contributed by atoms with Gasteiger partial charge in [0.1, 0.15) is 0 Å². The second kappa shape index (κ2) is 7.02. The van der Waals surface area contributed by atoms with Crippen molar-refractivity contribution in [1.29, 1.82) is 0 Å². The molecular weight excluding hydrogens is 320 g/mol. The summed E-state index contributed by atoms with van der Waals surface area (Å²) in [5, 5.41) is 9.28. The second-order valence-corrected chi connectivity index (χ2v) is 5.92. The summed E-state index contributed by atoms with van der Waals surface area (Å²) in [7, 11) is 1.99. The smallest absolute Gasteiger partial charge is 0.209 e. The van der Waals surface area contributed by atoms with Gasteiger partial charge in [-0.05, 0) is 32.5 Å². The Morgan fingerprint density at radius 3 is 2.95 bits per heavy atom. The van der Waals surface area contributed by atoms with Crippen molar-refractivity contribution in [2.75, 3.05) is 13.6 Å². The van der Waals surface area contributed by atoms with E-state index in [0.717, 1.165) is 28.8 Å². The molecule has 0 saturated heterocycles. The van der Waals surface area contributed by atoms with E-state index in [1.807, 2.05) is 31.3 Å². The number of rotatable bonds is 6. The number of aromatic nitrogens is 1. The second-order valence-electron chi connectivity index (χ2n) is 5.00. The number of benzene rings is 1. The van der Waals surface area contributed by atoms with E-state index in [0.29, 0.717) is 12.4 Å². The minimum Gasteiger partial charge on any atom is -0.439 e. The van der Waals surface area contributed by atoms with Gasteiger partial charge in [0.2, 0.25) is 5.89 Å². The van der Waals surface area contributed by atoms with E-state index in [-0.39, 0.29) is 6.10 Å². The fourth-order valence-electron chi connectivity index (χ4n) is 1.88. The summed E-state index contributed by atoms with van der Waals surface area (Å²) in [4.78, 5) is 6.39. The third-order valence-electron chi connectivity index (χ3n) is 3.00. The van der Waals surface area contributed by atoms with Gasteiger partial charge in [0.25, 0.3) is 0 Å². The first kappa shape index (κ1) is 15.2. The first-order valence-electron chi connectivity index (χ1n) is 6.62. The Labute approximate surface area is 127 Å². The highest BCUT2D eigenvalue weighted by Crippen LogP contribution is 2.23. The molecule has 0 fully saturated rings. The van der Waals surface area contributed by atoms with E-state index in [1.165, 1.54) is 0 Å². The fraction of sp³-hybridized carbons (Fsp3) is 0.400. The van der Waals surface area contributed by atoms with Crippen LogP contribution in [-0.4, -0.2) is 34.7 Å². The predicted molar refractivity (Wildman–Crippen MR) is 82.3 cm³/mol. The summed E-state index contributed by atoms with van der Waals surface area (Å²) in [6.07, 6.45) is 2.22. The Balaban J connectivity index is 1.99. The molecule has 1 N–H and O–H groups in total. The molecule has 0 saturated carbocycles. The van der Waals surface area contributed by atoms with Crippen LogP contribution in [0.1, 0.15) is 19.2 Å². The quantitative estimate of drug-likeness (QED) is 0.877. The number of aliphatic hydroxyl groups is 1. The zero-order valence-corrected chi connectivity index (χ0v) is 13.3. The Bertz CT molecular complexity index is 554. The SMILES string of the molecule is CC(O)CCN(C)Cc1ncc(-c2cccc(Br)c2)o1. The average molecular weight is 339 g/mol. The van der Waals surface area contributed by atoms with Crippen LogP contribution in [0.4, 0.5) is 0 Å². The summed E-state index contributed by atoms with van der Waals surface area (Å²) >= 11 is 3.45. The van der Waals surface area contributed by atoms with Gasteiger partial charge < -0.3 is 9.52 Å². The van der Waals surface area contributed by atoms with Crippen molar-refractivity contribution < 1.29 is 9.52 Å². The van der Waals surface area contributed by atoms with E-state index >= 15 is 0 Å². The van der Waals surface area contributed by atoms with Gasteiger partial charge in [-0.2, -0.15) is 0 Å². The van der Waals surface area contributed by atoms with Crippen LogP contribution in [0.3, 0.4) is 0 Å². The molecule has 0 aliphatic heterocycles. The van der Waals surface area contributed by atoms with Crippen LogP contribution in [-0.2, 0) is 6.54 Å². The van der Waals surface area contributed by atoms with E-state index < -0.39 is 0 Å². The lowest BCUT2D eigenvalue weighted by Crippen LogP contribution is -2.22. The maximum Gasteiger partial charge on any atom is 0.209 e. The van der Waals surface area contributed by atoms with Crippen molar-refractivity contribution >= 4 is 15.9 Å². The molecule has 0 radical (unpaired) electrons. The Kier molecular flexibility index (Phi) is 5.34. The standard InChI is InChI=1S/C15H19BrN2O2/c1-11(19)6-7-18(2)10-15-17-9-14(20-15)12-4-3-5-13(16)8-12/h3-5,8-9,11,19H,6-7,10H2,1-2H3. The van der Waals surface area contributed by atoms with Crippen molar-refractivity contribution in [3.8, 4) is 11.3 Å². The number of oxazole rings is 1. The molecule has 4 nitrogen and oxygen atoms in total. The topological polar surface area (TPSA) is 49.5 Å².